The van der Waals surface area contributed by atoms with Crippen molar-refractivity contribution in [3.63, 3.8) is 0 Å². The van der Waals surface area contributed by atoms with Crippen LogP contribution in [0.3, 0.4) is 0 Å². The van der Waals surface area contributed by atoms with Crippen molar-refractivity contribution in [1.29, 1.82) is 0 Å². The molecule has 334 valence electrons. The van der Waals surface area contributed by atoms with Gasteiger partial charge in [-0.25, -0.2) is 9.80 Å². The number of benzene rings is 5. The number of pyridine rings is 2. The number of nitrogens with zero attached hydrogens (tertiary/aromatic N) is 4. The van der Waals surface area contributed by atoms with Gasteiger partial charge in [0.2, 0.25) is 0 Å². The SMILES string of the molecule is Cc1ccc2c(N3C(=O)c4c(Cl)c(Cl)c(Cl)c(Cl)c4C3=O)c(Cc3ccc4nc(C5C(=O)c6c(Cl)c(Cl)c(Cl)c(Cl)c6C5=O)ccc4c3N3C(=O)c4c(Cl)c(Cl)c(Cl)c(Cl)c4C3=O)ccc2n1. The van der Waals surface area contributed by atoms with E-state index >= 15 is 0 Å². The summed E-state index contributed by atoms with van der Waals surface area (Å²) in [7, 11) is 0. The summed E-state index contributed by atoms with van der Waals surface area (Å²) in [5.74, 6) is -6.69. The molecule has 0 N–H and O–H groups in total. The summed E-state index contributed by atoms with van der Waals surface area (Å²) < 4.78 is 0. The average molecular weight is 1130 g/mol. The van der Waals surface area contributed by atoms with E-state index in [0.29, 0.717) is 22.2 Å². The van der Waals surface area contributed by atoms with E-state index in [9.17, 15) is 28.8 Å². The van der Waals surface area contributed by atoms with Crippen LogP contribution in [0.5, 0.6) is 0 Å². The molecule has 22 heteroatoms. The number of aryl methyl sites for hydroxylation is 1. The summed E-state index contributed by atoms with van der Waals surface area (Å²) in [6, 6.07) is 12.5. The Morgan fingerprint density at radius 1 is 0.403 bits per heavy atom. The molecule has 0 fully saturated rings. The Morgan fingerprint density at radius 2 is 0.731 bits per heavy atom. The largest absolute Gasteiger partial charge is 0.293 e. The number of ketones is 2. The molecule has 67 heavy (non-hydrogen) atoms. The highest BCUT2D eigenvalue weighted by Crippen LogP contribution is 2.52. The molecular formula is C45H14Cl12N4O6. The van der Waals surface area contributed by atoms with E-state index in [-0.39, 0.29) is 134 Å². The number of hydrogen-bond donors (Lipinski definition) is 0. The van der Waals surface area contributed by atoms with Gasteiger partial charge in [-0.05, 0) is 54.4 Å². The first kappa shape index (κ1) is 46.7. The summed E-state index contributed by atoms with van der Waals surface area (Å²) in [5, 5.41) is -2.77. The zero-order valence-corrected chi connectivity index (χ0v) is 41.7. The van der Waals surface area contributed by atoms with Crippen LogP contribution < -0.4 is 9.80 Å². The highest BCUT2D eigenvalue weighted by Gasteiger charge is 2.48. The Morgan fingerprint density at radius 3 is 1.10 bits per heavy atom. The van der Waals surface area contributed by atoms with Gasteiger partial charge in [-0.15, -0.1) is 0 Å². The molecule has 5 aromatic carbocycles. The number of imide groups is 2. The molecule has 7 aromatic rings. The maximum Gasteiger partial charge on any atom is 0.267 e. The fourth-order valence-corrected chi connectivity index (χ4v) is 11.7. The van der Waals surface area contributed by atoms with Crippen molar-refractivity contribution < 1.29 is 28.8 Å². The molecule has 0 saturated carbocycles. The van der Waals surface area contributed by atoms with E-state index in [1.807, 2.05) is 0 Å². The molecule has 2 aromatic heterocycles. The van der Waals surface area contributed by atoms with E-state index in [1.165, 1.54) is 24.3 Å². The lowest BCUT2D eigenvalue weighted by molar-refractivity contribution is 0.0880. The van der Waals surface area contributed by atoms with Crippen LogP contribution >= 0.6 is 139 Å². The van der Waals surface area contributed by atoms with Crippen molar-refractivity contribution in [3.05, 3.63) is 165 Å². The van der Waals surface area contributed by atoms with Crippen molar-refractivity contribution in [1.82, 2.24) is 9.97 Å². The number of halogens is 12. The van der Waals surface area contributed by atoms with Crippen LogP contribution in [0.25, 0.3) is 21.8 Å². The molecule has 3 aliphatic rings. The Balaban J connectivity index is 1.19. The number of amides is 4. The number of carbonyl (C=O) groups is 6. The third kappa shape index (κ3) is 6.60. The Labute approximate surface area is 436 Å². The number of Topliss-reactive ketones (excluding diaryl/α,β-unsaturated/α-hetero) is 2. The predicted molar refractivity (Wildman–Crippen MR) is 264 cm³/mol. The molecule has 0 radical (unpaired) electrons. The van der Waals surface area contributed by atoms with Gasteiger partial charge in [0.05, 0.1) is 122 Å². The van der Waals surface area contributed by atoms with Crippen molar-refractivity contribution in [2.45, 2.75) is 19.3 Å². The van der Waals surface area contributed by atoms with Crippen LogP contribution in [0.1, 0.15) is 90.6 Å². The smallest absolute Gasteiger partial charge is 0.267 e. The van der Waals surface area contributed by atoms with Gasteiger partial charge in [0.25, 0.3) is 23.6 Å². The number of aromatic nitrogens is 2. The maximum absolute atomic E-state index is 14.7. The zero-order valence-electron chi connectivity index (χ0n) is 32.7. The highest BCUT2D eigenvalue weighted by molar-refractivity contribution is 6.59. The van der Waals surface area contributed by atoms with E-state index in [2.05, 4.69) is 4.98 Å². The first-order valence-electron chi connectivity index (χ1n) is 18.9. The lowest BCUT2D eigenvalue weighted by Crippen LogP contribution is -2.32. The van der Waals surface area contributed by atoms with Crippen molar-refractivity contribution >= 4 is 208 Å². The quantitative estimate of drug-likeness (QED) is 0.0720. The van der Waals surface area contributed by atoms with Gasteiger partial charge in [0.1, 0.15) is 5.92 Å². The predicted octanol–water partition coefficient (Wildman–Crippen LogP) is 15.3. The standard InChI is InChI=1S/C45H14Cl12N4O6/c1-11-2-5-14-16(58-11)7-3-12(38(14)60-42(64)22-23(43(60)65)29(49)35(55)34(54)28(22)48)10-13-4-8-17-15(39(13)61-44(66)24-25(45(61)67)31(51)37(57)36(56)30(24)50)6-9-18(59-17)19-40(62)20-21(41(19)63)27(47)33(53)32(52)26(20)46/h2-9,19H,10H2,1H3. The summed E-state index contributed by atoms with van der Waals surface area (Å²) in [6.45, 7) is 1.76. The molecule has 2 aliphatic heterocycles. The van der Waals surface area contributed by atoms with Crippen LogP contribution in [0, 0.1) is 6.92 Å². The molecule has 0 atom stereocenters. The Kier molecular flexibility index (Phi) is 11.6. The molecule has 4 heterocycles. The van der Waals surface area contributed by atoms with E-state index in [0.717, 1.165) is 9.80 Å². The zero-order chi connectivity index (χ0) is 48.1. The Bertz CT molecular complexity index is 3520. The van der Waals surface area contributed by atoms with Crippen LogP contribution in [0.15, 0.2) is 48.5 Å². The average Bonchev–Trinajstić information content (AvgIpc) is 3.84. The fraction of sp³-hybridized carbons (Fsp3) is 0.0667. The fourth-order valence-electron chi connectivity index (χ4n) is 8.64. The highest BCUT2D eigenvalue weighted by atomic mass is 35.5. The lowest BCUT2D eigenvalue weighted by Gasteiger charge is -2.24. The van der Waals surface area contributed by atoms with Crippen molar-refractivity contribution in [2.75, 3.05) is 9.80 Å². The first-order valence-corrected chi connectivity index (χ1v) is 23.5. The topological polar surface area (TPSA) is 135 Å². The third-order valence-electron chi connectivity index (χ3n) is 11.6. The second-order valence-corrected chi connectivity index (χ2v) is 19.8. The van der Waals surface area contributed by atoms with Gasteiger partial charge in [0.15, 0.2) is 11.6 Å². The minimum atomic E-state index is -1.54. The molecule has 0 spiro atoms. The van der Waals surface area contributed by atoms with Gasteiger partial charge >= 0.3 is 0 Å². The van der Waals surface area contributed by atoms with Gasteiger partial charge in [-0.1, -0.05) is 151 Å². The third-order valence-corrected chi connectivity index (χ3v) is 17.0. The minimum absolute atomic E-state index is 0.0495. The number of fused-ring (bicyclic) bond motifs is 5. The van der Waals surface area contributed by atoms with E-state index < -0.39 is 41.1 Å². The van der Waals surface area contributed by atoms with Gasteiger partial charge in [0, 0.05) is 22.9 Å². The van der Waals surface area contributed by atoms with E-state index in [4.69, 9.17) is 144 Å². The molecule has 10 nitrogen and oxygen atoms in total. The molecular weight excluding hydrogens is 1120 g/mol. The molecule has 10 rings (SSSR count). The van der Waals surface area contributed by atoms with Crippen LogP contribution in [-0.4, -0.2) is 45.2 Å². The van der Waals surface area contributed by atoms with Crippen LogP contribution in [-0.2, 0) is 6.42 Å². The van der Waals surface area contributed by atoms with Gasteiger partial charge < -0.3 is 0 Å². The van der Waals surface area contributed by atoms with Crippen molar-refractivity contribution in [3.8, 4) is 0 Å². The van der Waals surface area contributed by atoms with Gasteiger partial charge in [-0.3, -0.25) is 38.7 Å². The summed E-state index contributed by atoms with van der Waals surface area (Å²) in [5.41, 5.74) is -0.120. The molecule has 0 unspecified atom stereocenters. The molecule has 0 saturated heterocycles. The number of carbonyl (C=O) groups excluding carboxylic acids is 6. The maximum atomic E-state index is 14.7. The van der Waals surface area contributed by atoms with Crippen LogP contribution in [0.2, 0.25) is 60.3 Å². The second-order valence-electron chi connectivity index (χ2n) is 15.2. The Hall–Kier alpha value is -3.98. The number of hydrogen-bond acceptors (Lipinski definition) is 8. The first-order chi connectivity index (χ1) is 31.7. The lowest BCUT2D eigenvalue weighted by atomic mass is 9.94. The minimum Gasteiger partial charge on any atom is -0.293 e. The van der Waals surface area contributed by atoms with Crippen LogP contribution in [0.4, 0.5) is 11.4 Å². The molecule has 4 amide bonds. The van der Waals surface area contributed by atoms with Crippen molar-refractivity contribution in [2.24, 2.45) is 0 Å². The molecule has 1 aliphatic carbocycles. The number of rotatable bonds is 5. The second kappa shape index (κ2) is 16.6. The monoisotopic (exact) mass is 1130 g/mol. The summed E-state index contributed by atoms with van der Waals surface area (Å²) in [6.07, 6.45) is -0.216. The summed E-state index contributed by atoms with van der Waals surface area (Å²) >= 11 is 77.2. The van der Waals surface area contributed by atoms with E-state index in [1.54, 1.807) is 31.2 Å². The molecule has 0 bridgehead atoms. The normalized spacial score (nSPS) is 14.8. The number of anilines is 2. The van der Waals surface area contributed by atoms with Gasteiger partial charge in [-0.2, -0.15) is 0 Å². The summed E-state index contributed by atoms with van der Waals surface area (Å²) in [4.78, 5) is 97.2.